The highest BCUT2D eigenvalue weighted by molar-refractivity contribution is 7.80. The summed E-state index contributed by atoms with van der Waals surface area (Å²) in [5.41, 5.74) is 2.16. The number of pyridine rings is 1. The van der Waals surface area contributed by atoms with Crippen LogP contribution in [0, 0.1) is 0 Å². The summed E-state index contributed by atoms with van der Waals surface area (Å²) in [4.78, 5) is 6.62. The molecule has 0 bridgehead atoms. The largest absolute Gasteiger partial charge is 0.467 e. The average Bonchev–Trinajstić information content (AvgIpc) is 3.32. The van der Waals surface area contributed by atoms with Crippen molar-refractivity contribution in [2.75, 3.05) is 7.05 Å². The van der Waals surface area contributed by atoms with Gasteiger partial charge < -0.3 is 19.2 Å². The quantitative estimate of drug-likeness (QED) is 0.741. The highest BCUT2D eigenvalue weighted by atomic mass is 32.1. The molecule has 122 valence electrons. The fourth-order valence-electron chi connectivity index (χ4n) is 3.24. The number of hydrogen-bond acceptors (Lipinski definition) is 3. The van der Waals surface area contributed by atoms with E-state index in [4.69, 9.17) is 16.6 Å². The maximum Gasteiger partial charge on any atom is 0.169 e. The lowest BCUT2D eigenvalue weighted by Gasteiger charge is -2.25. The number of hydrogen-bond donors (Lipinski definition) is 1. The summed E-state index contributed by atoms with van der Waals surface area (Å²) in [5, 5.41) is 4.14. The minimum atomic E-state index is 0.0222. The van der Waals surface area contributed by atoms with Gasteiger partial charge in [-0.3, -0.25) is 4.98 Å². The van der Waals surface area contributed by atoms with Crippen LogP contribution >= 0.6 is 12.2 Å². The Labute approximate surface area is 145 Å². The van der Waals surface area contributed by atoms with Crippen molar-refractivity contribution < 1.29 is 4.42 Å². The first kappa shape index (κ1) is 15.0. The first-order chi connectivity index (χ1) is 11.7. The van der Waals surface area contributed by atoms with Gasteiger partial charge in [-0.05, 0) is 48.6 Å². The third-order valence-electron chi connectivity index (χ3n) is 4.41. The lowest BCUT2D eigenvalue weighted by atomic mass is 10.0. The Morgan fingerprint density at radius 1 is 1.21 bits per heavy atom. The van der Waals surface area contributed by atoms with Crippen LogP contribution in [-0.4, -0.2) is 26.6 Å². The van der Waals surface area contributed by atoms with Crippen molar-refractivity contribution in [3.05, 3.63) is 78.3 Å². The van der Waals surface area contributed by atoms with E-state index in [1.165, 1.54) is 5.69 Å². The van der Waals surface area contributed by atoms with Gasteiger partial charge in [-0.2, -0.15) is 0 Å². The summed E-state index contributed by atoms with van der Waals surface area (Å²) in [6.07, 6.45) is 5.59. The molecule has 4 rings (SSSR count). The highest BCUT2D eigenvalue weighted by Crippen LogP contribution is 2.37. The van der Waals surface area contributed by atoms with Crippen molar-refractivity contribution in [2.24, 2.45) is 0 Å². The first-order valence-corrected chi connectivity index (χ1v) is 8.26. The van der Waals surface area contributed by atoms with Gasteiger partial charge >= 0.3 is 0 Å². The molecule has 3 aromatic rings. The first-order valence-electron chi connectivity index (χ1n) is 7.86. The molecule has 0 radical (unpaired) electrons. The van der Waals surface area contributed by atoms with Gasteiger partial charge in [0.1, 0.15) is 5.76 Å². The van der Waals surface area contributed by atoms with Crippen LogP contribution in [0.1, 0.15) is 29.2 Å². The molecule has 1 N–H and O–H groups in total. The predicted octanol–water partition coefficient (Wildman–Crippen LogP) is 3.13. The van der Waals surface area contributed by atoms with E-state index < -0.39 is 0 Å². The Kier molecular flexibility index (Phi) is 3.82. The summed E-state index contributed by atoms with van der Waals surface area (Å²) < 4.78 is 7.70. The Bertz CT molecular complexity index is 828. The zero-order valence-corrected chi connectivity index (χ0v) is 14.1. The molecule has 6 heteroatoms. The zero-order chi connectivity index (χ0) is 16.5. The normalized spacial score (nSPS) is 20.4. The lowest BCUT2D eigenvalue weighted by molar-refractivity contribution is 0.348. The van der Waals surface area contributed by atoms with Gasteiger partial charge in [0.15, 0.2) is 5.11 Å². The van der Waals surface area contributed by atoms with Crippen molar-refractivity contribution in [1.82, 2.24) is 19.8 Å². The summed E-state index contributed by atoms with van der Waals surface area (Å²) in [6, 6.07) is 14.2. The van der Waals surface area contributed by atoms with Crippen molar-refractivity contribution in [3.8, 4) is 0 Å². The van der Waals surface area contributed by atoms with Crippen LogP contribution in [0.3, 0.4) is 0 Å². The maximum atomic E-state index is 5.50. The van der Waals surface area contributed by atoms with Gasteiger partial charge in [0.25, 0.3) is 0 Å². The minimum Gasteiger partial charge on any atom is -0.467 e. The SMILES string of the molecule is CN1C(=S)NC(c2ccccn2)C1c1cccn1Cc1ccco1. The topological polar surface area (TPSA) is 46.2 Å². The molecular formula is C18H18N4OS. The number of aromatic nitrogens is 2. The summed E-state index contributed by atoms with van der Waals surface area (Å²) in [7, 11) is 2.02. The molecule has 0 spiro atoms. The van der Waals surface area contributed by atoms with E-state index in [1.807, 2.05) is 43.6 Å². The standard InChI is InChI=1S/C18H18N4OS/c1-21-17(16(20-18(21)24)14-7-2-3-9-19-14)15-8-4-10-22(15)12-13-6-5-11-23-13/h2-11,16-17H,12H2,1H3,(H,20,24). The van der Waals surface area contributed by atoms with Gasteiger partial charge in [0.05, 0.1) is 30.6 Å². The van der Waals surface area contributed by atoms with Crippen molar-refractivity contribution >= 4 is 17.3 Å². The van der Waals surface area contributed by atoms with Crippen molar-refractivity contribution in [1.29, 1.82) is 0 Å². The van der Waals surface area contributed by atoms with Gasteiger partial charge in [-0.15, -0.1) is 0 Å². The molecule has 1 saturated heterocycles. The summed E-state index contributed by atoms with van der Waals surface area (Å²) in [5.74, 6) is 0.929. The van der Waals surface area contributed by atoms with Crippen LogP contribution in [-0.2, 0) is 6.54 Å². The Morgan fingerprint density at radius 3 is 2.88 bits per heavy atom. The van der Waals surface area contributed by atoms with Crippen LogP contribution in [0.25, 0.3) is 0 Å². The fraction of sp³-hybridized carbons (Fsp3) is 0.222. The third kappa shape index (κ3) is 2.59. The molecule has 1 aliphatic heterocycles. The molecule has 1 aliphatic rings. The number of rotatable bonds is 4. The maximum absolute atomic E-state index is 5.50. The van der Waals surface area contributed by atoms with Gasteiger partial charge in [0.2, 0.25) is 0 Å². The number of nitrogens with one attached hydrogen (secondary N) is 1. The van der Waals surface area contributed by atoms with E-state index in [2.05, 4.69) is 38.1 Å². The lowest BCUT2D eigenvalue weighted by Crippen LogP contribution is -2.26. The number of furan rings is 1. The van der Waals surface area contributed by atoms with Gasteiger partial charge in [0, 0.05) is 25.1 Å². The second-order valence-electron chi connectivity index (χ2n) is 5.88. The fourth-order valence-corrected chi connectivity index (χ4v) is 3.48. The molecule has 0 aliphatic carbocycles. The molecule has 24 heavy (non-hydrogen) atoms. The second kappa shape index (κ2) is 6.13. The van der Waals surface area contributed by atoms with E-state index in [0.29, 0.717) is 6.54 Å². The smallest absolute Gasteiger partial charge is 0.169 e. The highest BCUT2D eigenvalue weighted by Gasteiger charge is 2.39. The Hall–Kier alpha value is -2.60. The van der Waals surface area contributed by atoms with Gasteiger partial charge in [-0.25, -0.2) is 0 Å². The van der Waals surface area contributed by atoms with Crippen molar-refractivity contribution in [2.45, 2.75) is 18.6 Å². The van der Waals surface area contributed by atoms with Crippen molar-refractivity contribution in [3.63, 3.8) is 0 Å². The third-order valence-corrected chi connectivity index (χ3v) is 4.82. The molecule has 2 atom stereocenters. The molecule has 5 nitrogen and oxygen atoms in total. The van der Waals surface area contributed by atoms with E-state index >= 15 is 0 Å². The molecular weight excluding hydrogens is 320 g/mol. The molecule has 0 saturated carbocycles. The second-order valence-corrected chi connectivity index (χ2v) is 6.26. The van der Waals surface area contributed by atoms with Crippen LogP contribution in [0.2, 0.25) is 0 Å². The summed E-state index contributed by atoms with van der Waals surface area (Å²) in [6.45, 7) is 0.696. The zero-order valence-electron chi connectivity index (χ0n) is 13.3. The van der Waals surface area contributed by atoms with Crippen LogP contribution < -0.4 is 5.32 Å². The average molecular weight is 338 g/mol. The van der Waals surface area contributed by atoms with E-state index in [1.54, 1.807) is 6.26 Å². The van der Waals surface area contributed by atoms with Gasteiger partial charge in [-0.1, -0.05) is 6.07 Å². The Balaban J connectivity index is 1.71. The molecule has 2 unspecified atom stereocenters. The van der Waals surface area contributed by atoms with E-state index in [0.717, 1.165) is 16.6 Å². The summed E-state index contributed by atoms with van der Waals surface area (Å²) >= 11 is 5.49. The molecule has 4 heterocycles. The molecule has 1 fully saturated rings. The molecule has 3 aromatic heterocycles. The predicted molar refractivity (Wildman–Crippen MR) is 95.5 cm³/mol. The monoisotopic (exact) mass is 338 g/mol. The number of likely N-dealkylation sites (N-methyl/N-ethyl adjacent to an activating group) is 1. The number of nitrogens with zero attached hydrogens (tertiary/aromatic N) is 3. The van der Waals surface area contributed by atoms with E-state index in [-0.39, 0.29) is 12.1 Å². The van der Waals surface area contributed by atoms with E-state index in [9.17, 15) is 0 Å². The minimum absolute atomic E-state index is 0.0222. The van der Waals surface area contributed by atoms with Crippen LogP contribution in [0.4, 0.5) is 0 Å². The number of thiocarbonyl (C=S) groups is 1. The Morgan fingerprint density at radius 2 is 2.12 bits per heavy atom. The molecule has 0 amide bonds. The van der Waals surface area contributed by atoms with Crippen LogP contribution in [0.5, 0.6) is 0 Å². The van der Waals surface area contributed by atoms with Crippen LogP contribution in [0.15, 0.2) is 65.5 Å². The molecule has 0 aromatic carbocycles.